The molecule has 0 radical (unpaired) electrons. The Bertz CT molecular complexity index is 322. The molecular weight excluding hydrogens is 339 g/mol. The maximum absolute atomic E-state index is 5.95. The van der Waals surface area contributed by atoms with Gasteiger partial charge in [-0.2, -0.15) is 0 Å². The van der Waals surface area contributed by atoms with Crippen LogP contribution < -0.4 is 4.74 Å². The van der Waals surface area contributed by atoms with E-state index < -0.39 is 0 Å². The fraction of sp³-hybridized carbons (Fsp3) is 0.600. The minimum absolute atomic E-state index is 0.198. The van der Waals surface area contributed by atoms with Crippen LogP contribution in [-0.4, -0.2) is 18.1 Å². The van der Waals surface area contributed by atoms with Crippen molar-refractivity contribution in [2.24, 2.45) is 5.92 Å². The van der Waals surface area contributed by atoms with E-state index in [9.17, 15) is 0 Å². The van der Waals surface area contributed by atoms with Gasteiger partial charge in [-0.25, -0.2) is 0 Å². The normalized spacial score (nSPS) is 12.7. The lowest BCUT2D eigenvalue weighted by atomic mass is 10.1. The average molecular weight is 362 g/mol. The standard InChI is InChI=1S/C15H23IO2/c1-12(2)5-4-10-18-15(11-16)13-6-8-14(17-3)9-7-13/h6-9,12,15H,4-5,10-11H2,1-3H3. The van der Waals surface area contributed by atoms with Crippen LogP contribution >= 0.6 is 22.6 Å². The Morgan fingerprint density at radius 1 is 1.17 bits per heavy atom. The van der Waals surface area contributed by atoms with Crippen LogP contribution in [0.4, 0.5) is 0 Å². The first-order chi connectivity index (χ1) is 8.67. The number of alkyl halides is 1. The molecule has 102 valence electrons. The summed E-state index contributed by atoms with van der Waals surface area (Å²) in [5.41, 5.74) is 1.23. The molecule has 1 atom stereocenters. The van der Waals surface area contributed by atoms with Gasteiger partial charge in [0.25, 0.3) is 0 Å². The van der Waals surface area contributed by atoms with Gasteiger partial charge in [-0.3, -0.25) is 0 Å². The van der Waals surface area contributed by atoms with Crippen LogP contribution in [0.5, 0.6) is 5.75 Å². The van der Waals surface area contributed by atoms with Gasteiger partial charge in [-0.05, 0) is 36.5 Å². The van der Waals surface area contributed by atoms with Gasteiger partial charge < -0.3 is 9.47 Å². The fourth-order valence-corrected chi connectivity index (χ4v) is 2.53. The molecule has 1 unspecified atom stereocenters. The van der Waals surface area contributed by atoms with Crippen LogP contribution in [0.3, 0.4) is 0 Å². The van der Waals surface area contributed by atoms with Gasteiger partial charge in [0.15, 0.2) is 0 Å². The second kappa shape index (κ2) is 8.75. The minimum Gasteiger partial charge on any atom is -0.497 e. The van der Waals surface area contributed by atoms with E-state index in [1.165, 1.54) is 12.0 Å². The third-order valence-corrected chi connectivity index (χ3v) is 3.67. The number of benzene rings is 1. The molecule has 0 heterocycles. The Balaban J connectivity index is 2.44. The lowest BCUT2D eigenvalue weighted by Crippen LogP contribution is -2.07. The molecule has 1 aromatic rings. The molecule has 2 nitrogen and oxygen atoms in total. The number of rotatable bonds is 8. The lowest BCUT2D eigenvalue weighted by Gasteiger charge is -2.16. The molecule has 0 N–H and O–H groups in total. The highest BCUT2D eigenvalue weighted by atomic mass is 127. The van der Waals surface area contributed by atoms with Crippen molar-refractivity contribution in [3.63, 3.8) is 0 Å². The third-order valence-electron chi connectivity index (χ3n) is 2.87. The molecule has 0 aliphatic rings. The lowest BCUT2D eigenvalue weighted by molar-refractivity contribution is 0.0665. The van der Waals surface area contributed by atoms with E-state index in [1.807, 2.05) is 12.1 Å². The second-order valence-corrected chi connectivity index (χ2v) is 5.70. The average Bonchev–Trinajstić information content (AvgIpc) is 2.39. The number of halogens is 1. The van der Waals surface area contributed by atoms with Crippen molar-refractivity contribution in [2.75, 3.05) is 18.1 Å². The van der Waals surface area contributed by atoms with E-state index in [-0.39, 0.29) is 6.10 Å². The van der Waals surface area contributed by atoms with Crippen molar-refractivity contribution in [1.82, 2.24) is 0 Å². The minimum atomic E-state index is 0.198. The first kappa shape index (κ1) is 15.8. The van der Waals surface area contributed by atoms with Crippen LogP contribution in [0, 0.1) is 5.92 Å². The van der Waals surface area contributed by atoms with E-state index in [2.05, 4.69) is 48.6 Å². The topological polar surface area (TPSA) is 18.5 Å². The molecule has 0 spiro atoms. The monoisotopic (exact) mass is 362 g/mol. The zero-order valence-electron chi connectivity index (χ0n) is 11.5. The number of methoxy groups -OCH3 is 1. The zero-order valence-corrected chi connectivity index (χ0v) is 13.6. The molecule has 0 aromatic heterocycles. The summed E-state index contributed by atoms with van der Waals surface area (Å²) in [4.78, 5) is 0. The van der Waals surface area contributed by atoms with Crippen molar-refractivity contribution in [1.29, 1.82) is 0 Å². The Kier molecular flexibility index (Phi) is 7.66. The molecule has 0 aliphatic carbocycles. The molecule has 0 bridgehead atoms. The molecule has 3 heteroatoms. The first-order valence-electron chi connectivity index (χ1n) is 6.49. The van der Waals surface area contributed by atoms with Crippen LogP contribution in [0.1, 0.15) is 38.4 Å². The fourth-order valence-electron chi connectivity index (χ4n) is 1.77. The quantitative estimate of drug-likeness (QED) is 0.382. The highest BCUT2D eigenvalue weighted by Crippen LogP contribution is 2.23. The molecule has 0 amide bonds. The van der Waals surface area contributed by atoms with Crippen LogP contribution in [0.25, 0.3) is 0 Å². The molecule has 0 saturated carbocycles. The number of hydrogen-bond acceptors (Lipinski definition) is 2. The van der Waals surface area contributed by atoms with E-state index in [0.717, 1.165) is 29.1 Å². The number of hydrogen-bond donors (Lipinski definition) is 0. The summed E-state index contributed by atoms with van der Waals surface area (Å²) >= 11 is 2.38. The van der Waals surface area contributed by atoms with Crippen LogP contribution in [0.15, 0.2) is 24.3 Å². The van der Waals surface area contributed by atoms with E-state index >= 15 is 0 Å². The van der Waals surface area contributed by atoms with Crippen molar-refractivity contribution in [2.45, 2.75) is 32.8 Å². The zero-order chi connectivity index (χ0) is 13.4. The second-order valence-electron chi connectivity index (χ2n) is 4.82. The molecule has 0 fully saturated rings. The van der Waals surface area contributed by atoms with Gasteiger partial charge in [-0.15, -0.1) is 0 Å². The van der Waals surface area contributed by atoms with E-state index in [0.29, 0.717) is 0 Å². The summed E-state index contributed by atoms with van der Waals surface area (Å²) in [7, 11) is 1.69. The van der Waals surface area contributed by atoms with E-state index in [4.69, 9.17) is 9.47 Å². The van der Waals surface area contributed by atoms with Gasteiger partial charge in [-0.1, -0.05) is 48.6 Å². The maximum Gasteiger partial charge on any atom is 0.118 e. The molecule has 1 rings (SSSR count). The Hall–Kier alpha value is -0.290. The van der Waals surface area contributed by atoms with Crippen molar-refractivity contribution in [3.8, 4) is 5.75 Å². The predicted molar refractivity (Wildman–Crippen MR) is 84.6 cm³/mol. The summed E-state index contributed by atoms with van der Waals surface area (Å²) in [6.45, 7) is 5.34. The molecular formula is C15H23IO2. The maximum atomic E-state index is 5.95. The van der Waals surface area contributed by atoms with Gasteiger partial charge in [0, 0.05) is 11.0 Å². The Morgan fingerprint density at radius 2 is 1.83 bits per heavy atom. The van der Waals surface area contributed by atoms with Crippen molar-refractivity contribution < 1.29 is 9.47 Å². The van der Waals surface area contributed by atoms with Crippen LogP contribution in [0.2, 0.25) is 0 Å². The Labute approximate surface area is 124 Å². The third kappa shape index (κ3) is 5.57. The summed E-state index contributed by atoms with van der Waals surface area (Å²) in [6, 6.07) is 8.16. The SMILES string of the molecule is COc1ccc(C(CI)OCCCC(C)C)cc1. The van der Waals surface area contributed by atoms with Crippen molar-refractivity contribution >= 4 is 22.6 Å². The first-order valence-corrected chi connectivity index (χ1v) is 8.01. The molecule has 0 aliphatic heterocycles. The van der Waals surface area contributed by atoms with Crippen molar-refractivity contribution in [3.05, 3.63) is 29.8 Å². The predicted octanol–water partition coefficient (Wildman–Crippen LogP) is 4.62. The molecule has 0 saturated heterocycles. The highest BCUT2D eigenvalue weighted by molar-refractivity contribution is 14.1. The van der Waals surface area contributed by atoms with Gasteiger partial charge in [0.1, 0.15) is 5.75 Å². The van der Waals surface area contributed by atoms with Gasteiger partial charge >= 0.3 is 0 Å². The molecule has 1 aromatic carbocycles. The van der Waals surface area contributed by atoms with Gasteiger partial charge in [0.05, 0.1) is 13.2 Å². The van der Waals surface area contributed by atoms with E-state index in [1.54, 1.807) is 7.11 Å². The number of ether oxygens (including phenoxy) is 2. The smallest absolute Gasteiger partial charge is 0.118 e. The summed E-state index contributed by atoms with van der Waals surface area (Å²) in [6.07, 6.45) is 2.57. The summed E-state index contributed by atoms with van der Waals surface area (Å²) in [5, 5.41) is 0. The van der Waals surface area contributed by atoms with Gasteiger partial charge in [0.2, 0.25) is 0 Å². The molecule has 18 heavy (non-hydrogen) atoms. The van der Waals surface area contributed by atoms with Crippen LogP contribution in [-0.2, 0) is 4.74 Å². The summed E-state index contributed by atoms with van der Waals surface area (Å²) < 4.78 is 12.1. The Morgan fingerprint density at radius 3 is 2.33 bits per heavy atom. The summed E-state index contributed by atoms with van der Waals surface area (Å²) in [5.74, 6) is 1.65. The largest absolute Gasteiger partial charge is 0.497 e. The highest BCUT2D eigenvalue weighted by Gasteiger charge is 2.10.